The van der Waals surface area contributed by atoms with Gasteiger partial charge in [-0.2, -0.15) is 18.3 Å². The Kier molecular flexibility index (Phi) is 5.62. The lowest BCUT2D eigenvalue weighted by Gasteiger charge is -2.13. The highest BCUT2D eigenvalue weighted by Gasteiger charge is 2.33. The second kappa shape index (κ2) is 7.47. The predicted molar refractivity (Wildman–Crippen MR) is 75.9 cm³/mol. The third-order valence-electron chi connectivity index (χ3n) is 3.09. The summed E-state index contributed by atoms with van der Waals surface area (Å²) in [5.41, 5.74) is -0.166. The molecule has 1 unspecified atom stereocenters. The van der Waals surface area contributed by atoms with Crippen LogP contribution < -0.4 is 4.74 Å². The highest BCUT2D eigenvalue weighted by molar-refractivity contribution is 5.32. The highest BCUT2D eigenvalue weighted by atomic mass is 19.4. The summed E-state index contributed by atoms with van der Waals surface area (Å²) in [6, 6.07) is 8.14. The molecule has 1 N–H and O–H groups in total. The summed E-state index contributed by atoms with van der Waals surface area (Å²) in [5, 5.41) is 13.2. The molecule has 5 nitrogen and oxygen atoms in total. The molecule has 0 radical (unpaired) electrons. The average Bonchev–Trinajstić information content (AvgIpc) is 2.96. The van der Waals surface area contributed by atoms with E-state index >= 15 is 0 Å². The van der Waals surface area contributed by atoms with Crippen LogP contribution in [0.2, 0.25) is 0 Å². The first-order chi connectivity index (χ1) is 10.9. The van der Waals surface area contributed by atoms with Gasteiger partial charge in [-0.3, -0.25) is 4.68 Å². The monoisotopic (exact) mass is 330 g/mol. The third kappa shape index (κ3) is 4.97. The molecule has 0 spiro atoms. The second-order valence-corrected chi connectivity index (χ2v) is 4.90. The molecule has 23 heavy (non-hydrogen) atoms. The van der Waals surface area contributed by atoms with Gasteiger partial charge in [0.1, 0.15) is 5.75 Å². The van der Waals surface area contributed by atoms with Crippen molar-refractivity contribution in [3.8, 4) is 5.75 Å². The first-order valence-electron chi connectivity index (χ1n) is 6.88. The van der Waals surface area contributed by atoms with Crippen molar-refractivity contribution in [3.05, 3.63) is 47.8 Å². The summed E-state index contributed by atoms with van der Waals surface area (Å²) in [5.74, 6) is 0.670. The normalized spacial score (nSPS) is 13.1. The lowest BCUT2D eigenvalue weighted by molar-refractivity contribution is -0.141. The van der Waals surface area contributed by atoms with Crippen molar-refractivity contribution >= 4 is 0 Å². The van der Waals surface area contributed by atoms with E-state index in [0.29, 0.717) is 5.75 Å². The van der Waals surface area contributed by atoms with Crippen LogP contribution in [0.5, 0.6) is 5.75 Å². The van der Waals surface area contributed by atoms with Crippen molar-refractivity contribution in [3.63, 3.8) is 0 Å². The molecule has 2 rings (SSSR count). The third-order valence-corrected chi connectivity index (χ3v) is 3.09. The standard InChI is InChI=1S/C15H17F3N2O3/c1-22-13-5-3-2-4-11(13)9-23-10-12(21)8-20-7-6-14(19-20)15(16,17)18/h2-7,12,21H,8-10H2,1H3. The van der Waals surface area contributed by atoms with Crippen LogP contribution >= 0.6 is 0 Å². The van der Waals surface area contributed by atoms with E-state index in [1.165, 1.54) is 6.20 Å². The van der Waals surface area contributed by atoms with Crippen LogP contribution in [0.1, 0.15) is 11.3 Å². The average molecular weight is 330 g/mol. The van der Waals surface area contributed by atoms with E-state index in [-0.39, 0.29) is 19.8 Å². The van der Waals surface area contributed by atoms with Crippen LogP contribution in [0.3, 0.4) is 0 Å². The Morgan fingerprint density at radius 3 is 2.65 bits per heavy atom. The number of hydrogen-bond donors (Lipinski definition) is 1. The quantitative estimate of drug-likeness (QED) is 0.847. The van der Waals surface area contributed by atoms with E-state index in [1.54, 1.807) is 13.2 Å². The van der Waals surface area contributed by atoms with Gasteiger partial charge in [-0.25, -0.2) is 0 Å². The number of aromatic nitrogens is 2. The summed E-state index contributed by atoms with van der Waals surface area (Å²) < 4.78 is 48.9. The minimum absolute atomic E-state index is 0.0285. The number of hydrogen-bond acceptors (Lipinski definition) is 4. The van der Waals surface area contributed by atoms with Gasteiger partial charge in [-0.1, -0.05) is 18.2 Å². The Balaban J connectivity index is 1.81. The fourth-order valence-electron chi connectivity index (χ4n) is 2.01. The molecule has 8 heteroatoms. The van der Waals surface area contributed by atoms with E-state index in [1.807, 2.05) is 18.2 Å². The maximum atomic E-state index is 12.4. The van der Waals surface area contributed by atoms with E-state index in [2.05, 4.69) is 5.10 Å². The number of alkyl halides is 3. The minimum Gasteiger partial charge on any atom is -0.496 e. The zero-order valence-corrected chi connectivity index (χ0v) is 12.5. The van der Waals surface area contributed by atoms with E-state index in [9.17, 15) is 18.3 Å². The molecule has 0 aliphatic carbocycles. The van der Waals surface area contributed by atoms with Gasteiger partial charge in [0.2, 0.25) is 0 Å². The van der Waals surface area contributed by atoms with Crippen molar-refractivity contribution < 1.29 is 27.8 Å². The fourth-order valence-corrected chi connectivity index (χ4v) is 2.01. The van der Waals surface area contributed by atoms with E-state index in [4.69, 9.17) is 9.47 Å². The van der Waals surface area contributed by atoms with Crippen molar-refractivity contribution in [1.29, 1.82) is 0 Å². The van der Waals surface area contributed by atoms with Crippen LogP contribution in [-0.4, -0.2) is 34.7 Å². The van der Waals surface area contributed by atoms with Crippen LogP contribution in [0, 0.1) is 0 Å². The van der Waals surface area contributed by atoms with Gasteiger partial charge in [0.15, 0.2) is 5.69 Å². The molecule has 1 atom stereocenters. The number of benzene rings is 1. The number of nitrogens with zero attached hydrogens (tertiary/aromatic N) is 2. The zero-order valence-electron chi connectivity index (χ0n) is 12.5. The smallest absolute Gasteiger partial charge is 0.435 e. The molecule has 0 amide bonds. The van der Waals surface area contributed by atoms with Gasteiger partial charge in [0.05, 0.1) is 33.0 Å². The van der Waals surface area contributed by atoms with Crippen molar-refractivity contribution in [2.24, 2.45) is 0 Å². The molecule has 0 saturated heterocycles. The highest BCUT2D eigenvalue weighted by Crippen LogP contribution is 2.27. The summed E-state index contributed by atoms with van der Waals surface area (Å²) >= 11 is 0. The summed E-state index contributed by atoms with van der Waals surface area (Å²) in [4.78, 5) is 0. The number of halogens is 3. The molecule has 2 aromatic rings. The first-order valence-corrected chi connectivity index (χ1v) is 6.88. The first kappa shape index (κ1) is 17.3. The lowest BCUT2D eigenvalue weighted by atomic mass is 10.2. The number of methoxy groups -OCH3 is 1. The van der Waals surface area contributed by atoms with Crippen LogP contribution in [0.15, 0.2) is 36.5 Å². The Morgan fingerprint density at radius 1 is 1.26 bits per heavy atom. The van der Waals surface area contributed by atoms with Crippen LogP contribution in [0.25, 0.3) is 0 Å². The topological polar surface area (TPSA) is 56.5 Å². The zero-order chi connectivity index (χ0) is 16.9. The van der Waals surface area contributed by atoms with Crippen LogP contribution in [-0.2, 0) is 24.1 Å². The molecule has 0 fully saturated rings. The van der Waals surface area contributed by atoms with Gasteiger partial charge in [-0.15, -0.1) is 0 Å². The summed E-state index contributed by atoms with van der Waals surface area (Å²) in [7, 11) is 1.55. The maximum absolute atomic E-state index is 12.4. The minimum atomic E-state index is -4.49. The molecule has 1 aromatic carbocycles. The predicted octanol–water partition coefficient (Wildman–Crippen LogP) is 2.49. The van der Waals surface area contributed by atoms with Gasteiger partial charge >= 0.3 is 6.18 Å². The Bertz CT molecular complexity index is 628. The molecule has 0 bridgehead atoms. The molecule has 0 aliphatic rings. The molecular weight excluding hydrogens is 313 g/mol. The summed E-state index contributed by atoms with van der Waals surface area (Å²) in [6.45, 7) is 0.120. The fraction of sp³-hybridized carbons (Fsp3) is 0.400. The largest absolute Gasteiger partial charge is 0.496 e. The molecular formula is C15H17F3N2O3. The number of aliphatic hydroxyl groups excluding tert-OH is 1. The Hall–Kier alpha value is -2.06. The Morgan fingerprint density at radius 2 is 2.00 bits per heavy atom. The van der Waals surface area contributed by atoms with E-state index in [0.717, 1.165) is 16.3 Å². The molecule has 0 saturated carbocycles. The van der Waals surface area contributed by atoms with Crippen molar-refractivity contribution in [1.82, 2.24) is 9.78 Å². The van der Waals surface area contributed by atoms with Crippen molar-refractivity contribution in [2.45, 2.75) is 25.4 Å². The second-order valence-electron chi connectivity index (χ2n) is 4.90. The maximum Gasteiger partial charge on any atom is 0.435 e. The molecule has 1 aromatic heterocycles. The van der Waals surface area contributed by atoms with Gasteiger partial charge in [0, 0.05) is 11.8 Å². The number of ether oxygens (including phenoxy) is 2. The number of aliphatic hydroxyl groups is 1. The molecule has 1 heterocycles. The van der Waals surface area contributed by atoms with Crippen molar-refractivity contribution in [2.75, 3.05) is 13.7 Å². The van der Waals surface area contributed by atoms with Gasteiger partial charge in [-0.05, 0) is 12.1 Å². The number of para-hydroxylation sites is 1. The SMILES string of the molecule is COc1ccccc1COCC(O)Cn1ccc(C(F)(F)F)n1. The summed E-state index contributed by atoms with van der Waals surface area (Å²) in [6.07, 6.45) is -4.28. The van der Waals surface area contributed by atoms with Gasteiger partial charge < -0.3 is 14.6 Å². The molecule has 0 aliphatic heterocycles. The molecule has 126 valence electrons. The Labute approximate surface area is 131 Å². The van der Waals surface area contributed by atoms with Gasteiger partial charge in [0.25, 0.3) is 0 Å². The van der Waals surface area contributed by atoms with E-state index < -0.39 is 18.0 Å². The number of rotatable bonds is 7. The lowest BCUT2D eigenvalue weighted by Crippen LogP contribution is -2.22. The van der Waals surface area contributed by atoms with Crippen LogP contribution in [0.4, 0.5) is 13.2 Å².